The number of nitrogens with zero attached hydrogens (tertiary/aromatic N) is 1. The van der Waals surface area contributed by atoms with E-state index >= 15 is 0 Å². The number of benzene rings is 2. The number of morpholine rings is 1. The predicted octanol–water partition coefficient (Wildman–Crippen LogP) is 4.52. The van der Waals surface area contributed by atoms with E-state index in [0.29, 0.717) is 35.5 Å². The van der Waals surface area contributed by atoms with Crippen LogP contribution in [0.4, 0.5) is 4.39 Å². The summed E-state index contributed by atoms with van der Waals surface area (Å²) < 4.78 is 36.0. The number of hydrogen-bond donors (Lipinski definition) is 0. The van der Waals surface area contributed by atoms with Crippen molar-refractivity contribution < 1.29 is 23.3 Å². The quantitative estimate of drug-likeness (QED) is 0.511. The Morgan fingerprint density at radius 3 is 2.50 bits per heavy atom. The van der Waals surface area contributed by atoms with Gasteiger partial charge in [0.25, 0.3) is 0 Å². The lowest BCUT2D eigenvalue weighted by Gasteiger charge is -2.26. The maximum Gasteiger partial charge on any atom is 0.205 e. The van der Waals surface area contributed by atoms with Crippen LogP contribution < -0.4 is 14.2 Å². The normalized spacial score (nSPS) is 14.5. The lowest BCUT2D eigenvalue weighted by Crippen LogP contribution is -2.38. The highest BCUT2D eigenvalue weighted by molar-refractivity contribution is 6.33. The lowest BCUT2D eigenvalue weighted by atomic mass is 10.1. The van der Waals surface area contributed by atoms with E-state index in [4.69, 9.17) is 30.5 Å². The van der Waals surface area contributed by atoms with Gasteiger partial charge in [-0.1, -0.05) is 23.7 Å². The minimum Gasteiger partial charge on any atom is -0.491 e. The highest BCUT2D eigenvalue weighted by Crippen LogP contribution is 2.44. The average molecular weight is 438 g/mol. The van der Waals surface area contributed by atoms with Crippen LogP contribution in [-0.4, -0.2) is 58.1 Å². The second-order valence-electron chi connectivity index (χ2n) is 7.25. The van der Waals surface area contributed by atoms with Gasteiger partial charge in [-0.3, -0.25) is 4.90 Å². The van der Waals surface area contributed by atoms with Crippen molar-refractivity contribution in [1.82, 2.24) is 4.90 Å². The summed E-state index contributed by atoms with van der Waals surface area (Å²) in [5.74, 6) is 1.41. The van der Waals surface area contributed by atoms with E-state index in [1.54, 1.807) is 19.2 Å². The number of hydrogen-bond acceptors (Lipinski definition) is 5. The largest absolute Gasteiger partial charge is 0.491 e. The Labute approximate surface area is 182 Å². The highest BCUT2D eigenvalue weighted by atomic mass is 35.5. The molecule has 0 spiro atoms. The molecule has 0 N–H and O–H groups in total. The Morgan fingerprint density at radius 2 is 1.80 bits per heavy atom. The standard InChI is InChI=1S/C23H29ClFNO4/c1-17-16-20(29-15-11-26-9-13-28-14-10-26)22(23(27-2)21(17)24)30-12-3-4-18-5-7-19(25)8-6-18/h5-8,16H,3-4,9-15H2,1-2H3. The number of ether oxygens (including phenoxy) is 4. The molecule has 0 bridgehead atoms. The molecule has 0 saturated carbocycles. The van der Waals surface area contributed by atoms with E-state index in [0.717, 1.165) is 56.8 Å². The lowest BCUT2D eigenvalue weighted by molar-refractivity contribution is 0.0320. The molecule has 1 fully saturated rings. The van der Waals surface area contributed by atoms with Gasteiger partial charge in [-0.15, -0.1) is 0 Å². The Kier molecular flexibility index (Phi) is 8.61. The van der Waals surface area contributed by atoms with Crippen LogP contribution in [0.25, 0.3) is 0 Å². The Morgan fingerprint density at radius 1 is 1.07 bits per heavy atom. The molecule has 0 amide bonds. The molecule has 7 heteroatoms. The van der Waals surface area contributed by atoms with E-state index in [9.17, 15) is 4.39 Å². The molecule has 3 rings (SSSR count). The Hall–Kier alpha value is -2.02. The van der Waals surface area contributed by atoms with Crippen molar-refractivity contribution >= 4 is 11.6 Å². The smallest absolute Gasteiger partial charge is 0.205 e. The average Bonchev–Trinajstić information content (AvgIpc) is 2.76. The summed E-state index contributed by atoms with van der Waals surface area (Å²) in [5.41, 5.74) is 1.93. The number of rotatable bonds is 10. The van der Waals surface area contributed by atoms with E-state index in [1.807, 2.05) is 13.0 Å². The van der Waals surface area contributed by atoms with Gasteiger partial charge in [0.15, 0.2) is 11.5 Å². The van der Waals surface area contributed by atoms with E-state index < -0.39 is 0 Å². The molecule has 164 valence electrons. The monoisotopic (exact) mass is 437 g/mol. The zero-order valence-corrected chi connectivity index (χ0v) is 18.3. The summed E-state index contributed by atoms with van der Waals surface area (Å²) in [6.45, 7) is 7.09. The second-order valence-corrected chi connectivity index (χ2v) is 7.63. The topological polar surface area (TPSA) is 40.2 Å². The van der Waals surface area contributed by atoms with Crippen LogP contribution in [0, 0.1) is 12.7 Å². The SMILES string of the molecule is COc1c(Cl)c(C)cc(OCCN2CCOCC2)c1OCCCc1ccc(F)cc1. The molecule has 0 aromatic heterocycles. The fourth-order valence-electron chi connectivity index (χ4n) is 3.35. The van der Waals surface area contributed by atoms with Crippen LogP contribution in [-0.2, 0) is 11.2 Å². The molecule has 2 aromatic rings. The van der Waals surface area contributed by atoms with Gasteiger partial charge >= 0.3 is 0 Å². The van der Waals surface area contributed by atoms with Crippen molar-refractivity contribution in [2.24, 2.45) is 0 Å². The molecule has 0 unspecified atom stereocenters. The Balaban J connectivity index is 1.61. The maximum absolute atomic E-state index is 13.0. The van der Waals surface area contributed by atoms with Crippen molar-refractivity contribution in [1.29, 1.82) is 0 Å². The first-order chi connectivity index (χ1) is 14.6. The molecule has 0 atom stereocenters. The minimum absolute atomic E-state index is 0.229. The highest BCUT2D eigenvalue weighted by Gasteiger charge is 2.19. The molecular formula is C23H29ClFNO4. The first-order valence-corrected chi connectivity index (χ1v) is 10.6. The van der Waals surface area contributed by atoms with Crippen molar-refractivity contribution in [2.75, 3.05) is 53.2 Å². The van der Waals surface area contributed by atoms with Gasteiger partial charge in [0, 0.05) is 19.6 Å². The molecule has 1 saturated heterocycles. The third-order valence-electron chi connectivity index (χ3n) is 5.07. The van der Waals surface area contributed by atoms with E-state index in [-0.39, 0.29) is 5.82 Å². The first kappa shape index (κ1) is 22.7. The van der Waals surface area contributed by atoms with Crippen LogP contribution in [0.2, 0.25) is 5.02 Å². The molecule has 0 radical (unpaired) electrons. The predicted molar refractivity (Wildman–Crippen MR) is 116 cm³/mol. The molecule has 1 aliphatic heterocycles. The van der Waals surface area contributed by atoms with E-state index in [2.05, 4.69) is 4.90 Å². The molecule has 30 heavy (non-hydrogen) atoms. The first-order valence-electron chi connectivity index (χ1n) is 10.3. The van der Waals surface area contributed by atoms with Crippen LogP contribution >= 0.6 is 11.6 Å². The fraction of sp³-hybridized carbons (Fsp3) is 0.478. The van der Waals surface area contributed by atoms with Gasteiger partial charge in [-0.25, -0.2) is 4.39 Å². The minimum atomic E-state index is -0.229. The van der Waals surface area contributed by atoms with Gasteiger partial charge in [-0.2, -0.15) is 0 Å². The number of aryl methyl sites for hydroxylation is 2. The van der Waals surface area contributed by atoms with Gasteiger partial charge in [0.2, 0.25) is 5.75 Å². The summed E-state index contributed by atoms with van der Waals surface area (Å²) in [6, 6.07) is 8.41. The third-order valence-corrected chi connectivity index (χ3v) is 5.54. The van der Waals surface area contributed by atoms with Crippen molar-refractivity contribution in [3.63, 3.8) is 0 Å². The molecule has 1 heterocycles. The Bertz CT molecular complexity index is 810. The van der Waals surface area contributed by atoms with Gasteiger partial charge in [0.05, 0.1) is 32.0 Å². The van der Waals surface area contributed by atoms with Crippen LogP contribution in [0.3, 0.4) is 0 Å². The third kappa shape index (κ3) is 6.24. The van der Waals surface area contributed by atoms with Crippen LogP contribution in [0.5, 0.6) is 17.2 Å². The number of methoxy groups -OCH3 is 1. The zero-order valence-electron chi connectivity index (χ0n) is 17.6. The molecule has 5 nitrogen and oxygen atoms in total. The van der Waals surface area contributed by atoms with Gasteiger partial charge in [-0.05, 0) is 49.1 Å². The molecular weight excluding hydrogens is 409 g/mol. The summed E-state index contributed by atoms with van der Waals surface area (Å²) in [4.78, 5) is 2.31. The fourth-order valence-corrected chi connectivity index (χ4v) is 3.57. The molecule has 2 aromatic carbocycles. The second kappa shape index (κ2) is 11.4. The summed E-state index contributed by atoms with van der Waals surface area (Å²) in [5, 5.41) is 0.520. The maximum atomic E-state index is 13.0. The molecule has 0 aliphatic carbocycles. The number of halogens is 2. The zero-order chi connectivity index (χ0) is 21.3. The van der Waals surface area contributed by atoms with Crippen molar-refractivity contribution in [2.45, 2.75) is 19.8 Å². The summed E-state index contributed by atoms with van der Waals surface area (Å²) in [6.07, 6.45) is 1.56. The van der Waals surface area contributed by atoms with Crippen LogP contribution in [0.1, 0.15) is 17.5 Å². The van der Waals surface area contributed by atoms with Crippen molar-refractivity contribution in [3.05, 3.63) is 52.3 Å². The summed E-state index contributed by atoms with van der Waals surface area (Å²) >= 11 is 6.43. The van der Waals surface area contributed by atoms with Gasteiger partial charge < -0.3 is 18.9 Å². The molecule has 1 aliphatic rings. The van der Waals surface area contributed by atoms with Crippen molar-refractivity contribution in [3.8, 4) is 17.2 Å². The van der Waals surface area contributed by atoms with Gasteiger partial charge in [0.1, 0.15) is 12.4 Å². The van der Waals surface area contributed by atoms with Crippen LogP contribution in [0.15, 0.2) is 30.3 Å². The van der Waals surface area contributed by atoms with E-state index in [1.165, 1.54) is 12.1 Å². The summed E-state index contributed by atoms with van der Waals surface area (Å²) in [7, 11) is 1.57.